The molecule has 1 saturated heterocycles. The molecule has 1 aliphatic carbocycles. The summed E-state index contributed by atoms with van der Waals surface area (Å²) < 4.78 is 0. The van der Waals surface area contributed by atoms with Crippen LogP contribution in [-0.2, 0) is 6.54 Å². The molecule has 3 rings (SSSR count). The topological polar surface area (TPSA) is 58.4 Å². The number of nitrogens with zero attached hydrogens (tertiary/aromatic N) is 1. The Bertz CT molecular complexity index is 476. The molecule has 2 atom stereocenters. The molecule has 1 saturated carbocycles. The van der Waals surface area contributed by atoms with Crippen molar-refractivity contribution in [2.75, 3.05) is 18.4 Å². The van der Waals surface area contributed by atoms with Crippen molar-refractivity contribution in [3.63, 3.8) is 0 Å². The predicted octanol–water partition coefficient (Wildman–Crippen LogP) is 2.80. The number of fused-ring (bicyclic) bond motifs is 2. The standard InChI is InChI=1S/C16H23N3O/c17-9-12-3-2-6-15(8-12)18-16(20)19-10-13-4-1-5-14(7-13)11-19/h2-3,6,8,13-14H,1,4-5,7,9-11,17H2,(H,18,20)/t13-,14-/m1/s1. The summed E-state index contributed by atoms with van der Waals surface area (Å²) in [5, 5.41) is 3.01. The number of nitrogens with one attached hydrogen (secondary N) is 1. The zero-order chi connectivity index (χ0) is 13.9. The first-order valence-corrected chi connectivity index (χ1v) is 7.59. The van der Waals surface area contributed by atoms with Gasteiger partial charge in [-0.15, -0.1) is 0 Å². The first-order valence-electron chi connectivity index (χ1n) is 7.59. The van der Waals surface area contributed by atoms with Gasteiger partial charge in [0.1, 0.15) is 0 Å². The number of benzene rings is 1. The van der Waals surface area contributed by atoms with Crippen LogP contribution in [0.3, 0.4) is 0 Å². The Kier molecular flexibility index (Phi) is 3.92. The van der Waals surface area contributed by atoms with E-state index in [0.717, 1.165) is 24.3 Å². The average Bonchev–Trinajstić information content (AvgIpc) is 2.47. The first-order chi connectivity index (χ1) is 9.74. The maximum atomic E-state index is 12.4. The zero-order valence-corrected chi connectivity index (χ0v) is 11.8. The molecule has 108 valence electrons. The monoisotopic (exact) mass is 273 g/mol. The summed E-state index contributed by atoms with van der Waals surface area (Å²) in [6.45, 7) is 2.33. The number of carbonyl (C=O) groups excluding carboxylic acids is 1. The molecule has 0 unspecified atom stereocenters. The van der Waals surface area contributed by atoms with Crippen LogP contribution in [0.2, 0.25) is 0 Å². The van der Waals surface area contributed by atoms with E-state index in [1.807, 2.05) is 29.2 Å². The lowest BCUT2D eigenvalue weighted by molar-refractivity contribution is 0.110. The van der Waals surface area contributed by atoms with Crippen LogP contribution in [0, 0.1) is 11.8 Å². The second-order valence-corrected chi connectivity index (χ2v) is 6.14. The third kappa shape index (κ3) is 2.96. The van der Waals surface area contributed by atoms with Crippen molar-refractivity contribution in [2.24, 2.45) is 17.6 Å². The summed E-state index contributed by atoms with van der Waals surface area (Å²) in [4.78, 5) is 14.4. The molecular formula is C16H23N3O. The van der Waals surface area contributed by atoms with Crippen LogP contribution in [0.4, 0.5) is 10.5 Å². The largest absolute Gasteiger partial charge is 0.326 e. The Morgan fingerprint density at radius 1 is 1.30 bits per heavy atom. The molecule has 1 aliphatic heterocycles. The van der Waals surface area contributed by atoms with Crippen LogP contribution in [0.1, 0.15) is 31.2 Å². The van der Waals surface area contributed by atoms with Crippen LogP contribution < -0.4 is 11.1 Å². The third-order valence-corrected chi connectivity index (χ3v) is 4.55. The Morgan fingerprint density at radius 3 is 2.75 bits per heavy atom. The number of likely N-dealkylation sites (tertiary alicyclic amines) is 1. The van der Waals surface area contributed by atoms with Crippen molar-refractivity contribution in [3.8, 4) is 0 Å². The normalized spacial score (nSPS) is 25.4. The molecule has 1 aromatic rings. The Hall–Kier alpha value is -1.55. The highest BCUT2D eigenvalue weighted by Gasteiger charge is 2.32. The molecule has 0 spiro atoms. The minimum atomic E-state index is 0.0378. The summed E-state index contributed by atoms with van der Waals surface area (Å²) in [5.74, 6) is 1.42. The first kappa shape index (κ1) is 13.4. The number of urea groups is 1. The Labute approximate surface area is 120 Å². The molecule has 0 aromatic heterocycles. The molecule has 2 bridgehead atoms. The number of amides is 2. The summed E-state index contributed by atoms with van der Waals surface area (Å²) in [6, 6.07) is 7.81. The third-order valence-electron chi connectivity index (χ3n) is 4.55. The maximum absolute atomic E-state index is 12.4. The van der Waals surface area contributed by atoms with E-state index in [4.69, 9.17) is 5.73 Å². The van der Waals surface area contributed by atoms with Gasteiger partial charge in [0.15, 0.2) is 0 Å². The second kappa shape index (κ2) is 5.83. The van der Waals surface area contributed by atoms with Gasteiger partial charge < -0.3 is 16.0 Å². The van der Waals surface area contributed by atoms with Crippen molar-refractivity contribution in [2.45, 2.75) is 32.2 Å². The molecule has 4 heteroatoms. The highest BCUT2D eigenvalue weighted by Crippen LogP contribution is 2.34. The second-order valence-electron chi connectivity index (χ2n) is 6.14. The van der Waals surface area contributed by atoms with Gasteiger partial charge in [-0.2, -0.15) is 0 Å². The summed E-state index contributed by atoms with van der Waals surface area (Å²) in [6.07, 6.45) is 5.21. The van der Waals surface area contributed by atoms with E-state index in [9.17, 15) is 4.79 Å². The van der Waals surface area contributed by atoms with Gasteiger partial charge in [-0.3, -0.25) is 0 Å². The number of rotatable bonds is 2. The minimum Gasteiger partial charge on any atom is -0.326 e. The molecule has 3 N–H and O–H groups in total. The van der Waals surface area contributed by atoms with E-state index in [1.54, 1.807) is 0 Å². The van der Waals surface area contributed by atoms with Gasteiger partial charge in [0, 0.05) is 25.3 Å². The Morgan fingerprint density at radius 2 is 2.05 bits per heavy atom. The lowest BCUT2D eigenvalue weighted by Gasteiger charge is -2.41. The number of hydrogen-bond acceptors (Lipinski definition) is 2. The van der Waals surface area contributed by atoms with E-state index < -0.39 is 0 Å². The van der Waals surface area contributed by atoms with Crippen molar-refractivity contribution in [1.82, 2.24) is 4.90 Å². The number of nitrogens with two attached hydrogens (primary N) is 1. The van der Waals surface area contributed by atoms with Gasteiger partial charge >= 0.3 is 6.03 Å². The number of piperidine rings is 1. The number of carbonyl (C=O) groups is 1. The van der Waals surface area contributed by atoms with Gasteiger partial charge in [0.2, 0.25) is 0 Å². The molecule has 0 radical (unpaired) electrons. The van der Waals surface area contributed by atoms with Gasteiger partial charge in [0.05, 0.1) is 0 Å². The van der Waals surface area contributed by atoms with Crippen molar-refractivity contribution in [3.05, 3.63) is 29.8 Å². The smallest absolute Gasteiger partial charge is 0.321 e. The molecular weight excluding hydrogens is 250 g/mol. The molecule has 20 heavy (non-hydrogen) atoms. The van der Waals surface area contributed by atoms with Crippen LogP contribution in [0.25, 0.3) is 0 Å². The van der Waals surface area contributed by atoms with E-state index in [-0.39, 0.29) is 6.03 Å². The van der Waals surface area contributed by atoms with Gasteiger partial charge in [0.25, 0.3) is 0 Å². The highest BCUT2D eigenvalue weighted by molar-refractivity contribution is 5.89. The maximum Gasteiger partial charge on any atom is 0.321 e. The highest BCUT2D eigenvalue weighted by atomic mass is 16.2. The van der Waals surface area contributed by atoms with E-state index in [0.29, 0.717) is 18.4 Å². The van der Waals surface area contributed by atoms with Gasteiger partial charge in [-0.1, -0.05) is 18.6 Å². The number of anilines is 1. The molecule has 1 aromatic carbocycles. The molecule has 2 amide bonds. The quantitative estimate of drug-likeness (QED) is 0.870. The van der Waals surface area contributed by atoms with Gasteiger partial charge in [-0.05, 0) is 48.8 Å². The van der Waals surface area contributed by atoms with Crippen molar-refractivity contribution < 1.29 is 4.79 Å². The zero-order valence-electron chi connectivity index (χ0n) is 11.8. The van der Waals surface area contributed by atoms with Crippen molar-refractivity contribution >= 4 is 11.7 Å². The Balaban J connectivity index is 1.63. The predicted molar refractivity (Wildman–Crippen MR) is 80.4 cm³/mol. The fourth-order valence-electron chi connectivity index (χ4n) is 3.58. The molecule has 4 nitrogen and oxygen atoms in total. The fourth-order valence-corrected chi connectivity index (χ4v) is 3.58. The van der Waals surface area contributed by atoms with Crippen LogP contribution >= 0.6 is 0 Å². The fraction of sp³-hybridized carbons (Fsp3) is 0.562. The summed E-state index contributed by atoms with van der Waals surface area (Å²) in [7, 11) is 0. The molecule has 2 aliphatic rings. The SMILES string of the molecule is NCc1cccc(NC(=O)N2C[C@@H]3CCC[C@H](C3)C2)c1. The minimum absolute atomic E-state index is 0.0378. The number of hydrogen-bond donors (Lipinski definition) is 2. The summed E-state index contributed by atoms with van der Waals surface area (Å²) in [5.41, 5.74) is 7.51. The molecule has 1 heterocycles. The van der Waals surface area contributed by atoms with Crippen LogP contribution in [0.15, 0.2) is 24.3 Å². The van der Waals surface area contributed by atoms with E-state index in [2.05, 4.69) is 5.32 Å². The average molecular weight is 273 g/mol. The lowest BCUT2D eigenvalue weighted by Crippen LogP contribution is -2.47. The van der Waals surface area contributed by atoms with Gasteiger partial charge in [-0.25, -0.2) is 4.79 Å². The van der Waals surface area contributed by atoms with Crippen molar-refractivity contribution in [1.29, 1.82) is 0 Å². The molecule has 2 fully saturated rings. The van der Waals surface area contributed by atoms with Crippen LogP contribution in [-0.4, -0.2) is 24.0 Å². The lowest BCUT2D eigenvalue weighted by atomic mass is 9.78. The summed E-state index contributed by atoms with van der Waals surface area (Å²) >= 11 is 0. The van der Waals surface area contributed by atoms with E-state index >= 15 is 0 Å². The van der Waals surface area contributed by atoms with E-state index in [1.165, 1.54) is 25.7 Å². The van der Waals surface area contributed by atoms with Crippen LogP contribution in [0.5, 0.6) is 0 Å².